The average Bonchev–Trinajstić information content (AvgIpc) is 3.29. The van der Waals surface area contributed by atoms with Gasteiger partial charge in [0.25, 0.3) is 0 Å². The maximum atomic E-state index is 11.7. The van der Waals surface area contributed by atoms with Crippen LogP contribution in [0.15, 0.2) is 42.5 Å². The Balaban J connectivity index is 1.69. The molecule has 5 atom stereocenters. The van der Waals surface area contributed by atoms with Gasteiger partial charge in [0.05, 0.1) is 19.1 Å². The highest BCUT2D eigenvalue weighted by molar-refractivity contribution is 5.94. The monoisotopic (exact) mass is 348 g/mol. The van der Waals surface area contributed by atoms with Crippen molar-refractivity contribution in [3.05, 3.63) is 59.2 Å². The first-order chi connectivity index (χ1) is 12.7. The summed E-state index contributed by atoms with van der Waals surface area (Å²) >= 11 is 0. The molecule has 26 heavy (non-hydrogen) atoms. The van der Waals surface area contributed by atoms with E-state index < -0.39 is 5.97 Å². The van der Waals surface area contributed by atoms with E-state index in [1.807, 2.05) is 24.3 Å². The van der Waals surface area contributed by atoms with Crippen molar-refractivity contribution < 1.29 is 14.6 Å². The summed E-state index contributed by atoms with van der Waals surface area (Å²) in [6, 6.07) is 13.8. The van der Waals surface area contributed by atoms with Crippen molar-refractivity contribution in [1.29, 1.82) is 0 Å². The maximum absolute atomic E-state index is 11.7. The summed E-state index contributed by atoms with van der Waals surface area (Å²) in [5.41, 5.74) is 3.30. The molecule has 0 saturated heterocycles. The molecule has 1 aliphatic heterocycles. The highest BCUT2D eigenvalue weighted by Gasteiger charge is 2.54. The lowest BCUT2D eigenvalue weighted by Crippen LogP contribution is -2.37. The van der Waals surface area contributed by atoms with Crippen LogP contribution in [-0.2, 0) is 0 Å². The molecule has 4 heteroatoms. The SMILES string of the molecule is COc1ccccc1[C@H]1Nc2c(C(=O)[O-])cccc2[C@H]2[C@H]3CC[C@H](C3)[C@H]21. The third kappa shape index (κ3) is 2.11. The molecule has 1 N–H and O–H groups in total. The van der Waals surface area contributed by atoms with Crippen molar-refractivity contribution in [3.63, 3.8) is 0 Å². The summed E-state index contributed by atoms with van der Waals surface area (Å²) in [4.78, 5) is 11.7. The fraction of sp³-hybridized carbons (Fsp3) is 0.409. The van der Waals surface area contributed by atoms with E-state index in [4.69, 9.17) is 4.74 Å². The van der Waals surface area contributed by atoms with Gasteiger partial charge in [0.15, 0.2) is 0 Å². The minimum Gasteiger partial charge on any atom is -0.545 e. The molecular weight excluding hydrogens is 326 g/mol. The second-order valence-corrected chi connectivity index (χ2v) is 7.86. The van der Waals surface area contributed by atoms with Gasteiger partial charge in [-0.05, 0) is 54.6 Å². The number of benzene rings is 2. The van der Waals surface area contributed by atoms with E-state index in [1.165, 1.54) is 19.3 Å². The number of aromatic carboxylic acids is 1. The number of anilines is 1. The number of carboxylic acids is 1. The van der Waals surface area contributed by atoms with Gasteiger partial charge in [0.1, 0.15) is 5.75 Å². The first-order valence-corrected chi connectivity index (χ1v) is 9.42. The van der Waals surface area contributed by atoms with Crippen LogP contribution < -0.4 is 15.2 Å². The van der Waals surface area contributed by atoms with Crippen molar-refractivity contribution in [3.8, 4) is 5.75 Å². The van der Waals surface area contributed by atoms with Crippen molar-refractivity contribution >= 4 is 11.7 Å². The van der Waals surface area contributed by atoms with Gasteiger partial charge < -0.3 is 20.0 Å². The van der Waals surface area contributed by atoms with Gasteiger partial charge in [0, 0.05) is 16.8 Å². The Labute approximate surface area is 153 Å². The van der Waals surface area contributed by atoms with Crippen LogP contribution >= 0.6 is 0 Å². The number of rotatable bonds is 3. The van der Waals surface area contributed by atoms with Crippen LogP contribution in [0.25, 0.3) is 0 Å². The number of para-hydroxylation sites is 2. The van der Waals surface area contributed by atoms with E-state index in [9.17, 15) is 9.90 Å². The Morgan fingerprint density at radius 2 is 1.85 bits per heavy atom. The zero-order valence-corrected chi connectivity index (χ0v) is 14.8. The molecule has 2 aliphatic carbocycles. The quantitative estimate of drug-likeness (QED) is 0.924. The van der Waals surface area contributed by atoms with Crippen molar-refractivity contribution in [2.75, 3.05) is 12.4 Å². The molecule has 2 bridgehead atoms. The molecule has 5 rings (SSSR count). The number of carbonyl (C=O) groups is 1. The summed E-state index contributed by atoms with van der Waals surface area (Å²) in [7, 11) is 1.69. The minimum atomic E-state index is -1.12. The fourth-order valence-corrected chi connectivity index (χ4v) is 5.92. The van der Waals surface area contributed by atoms with Crippen LogP contribution in [0, 0.1) is 17.8 Å². The largest absolute Gasteiger partial charge is 0.545 e. The molecule has 2 saturated carbocycles. The van der Waals surface area contributed by atoms with E-state index in [-0.39, 0.29) is 11.6 Å². The van der Waals surface area contributed by atoms with E-state index in [2.05, 4.69) is 17.4 Å². The summed E-state index contributed by atoms with van der Waals surface area (Å²) in [6.45, 7) is 0. The van der Waals surface area contributed by atoms with Gasteiger partial charge in [-0.25, -0.2) is 0 Å². The van der Waals surface area contributed by atoms with Crippen LogP contribution in [0.1, 0.15) is 52.7 Å². The molecule has 2 aromatic carbocycles. The van der Waals surface area contributed by atoms with Crippen LogP contribution in [-0.4, -0.2) is 13.1 Å². The number of carbonyl (C=O) groups excluding carboxylic acids is 1. The number of hydrogen-bond donors (Lipinski definition) is 1. The van der Waals surface area contributed by atoms with Crippen LogP contribution in [0.5, 0.6) is 5.75 Å². The number of carboxylic acid groups (broad SMARTS) is 1. The predicted octanol–water partition coefficient (Wildman–Crippen LogP) is 3.36. The maximum Gasteiger partial charge on any atom is 0.124 e. The molecule has 0 radical (unpaired) electrons. The lowest BCUT2D eigenvalue weighted by Gasteiger charge is -2.44. The standard InChI is InChI=1S/C22H23NO3/c1-26-17-8-3-2-5-14(17)21-19-13-10-9-12(11-13)18(19)15-6-4-7-16(22(24)25)20(15)23-21/h2-8,12-13,18-19,21,23H,9-11H2,1H3,(H,24,25)/p-1/t12-,13+,18+,19+,21+/m0/s1. The Morgan fingerprint density at radius 3 is 2.65 bits per heavy atom. The molecular formula is C22H22NO3-. The lowest BCUT2D eigenvalue weighted by molar-refractivity contribution is -0.254. The second kappa shape index (κ2) is 5.76. The number of hydrogen-bond acceptors (Lipinski definition) is 4. The number of ether oxygens (including phenoxy) is 1. The van der Waals surface area contributed by atoms with E-state index >= 15 is 0 Å². The fourth-order valence-electron chi connectivity index (χ4n) is 5.92. The third-order valence-corrected chi connectivity index (χ3v) is 6.82. The van der Waals surface area contributed by atoms with Crippen LogP contribution in [0.2, 0.25) is 0 Å². The van der Waals surface area contributed by atoms with Gasteiger partial charge >= 0.3 is 0 Å². The molecule has 0 aromatic heterocycles. The number of fused-ring (bicyclic) bond motifs is 7. The number of methoxy groups -OCH3 is 1. The molecule has 0 unspecified atom stereocenters. The highest BCUT2D eigenvalue weighted by atomic mass is 16.5. The number of nitrogens with one attached hydrogen (secondary N) is 1. The highest BCUT2D eigenvalue weighted by Crippen LogP contribution is 2.64. The van der Waals surface area contributed by atoms with Gasteiger partial charge in [0.2, 0.25) is 0 Å². The van der Waals surface area contributed by atoms with Gasteiger partial charge in [-0.15, -0.1) is 0 Å². The zero-order chi connectivity index (χ0) is 17.8. The Morgan fingerprint density at radius 1 is 1.08 bits per heavy atom. The summed E-state index contributed by atoms with van der Waals surface area (Å²) < 4.78 is 5.62. The van der Waals surface area contributed by atoms with E-state index in [0.717, 1.165) is 22.6 Å². The third-order valence-electron chi connectivity index (χ3n) is 6.82. The van der Waals surface area contributed by atoms with E-state index in [0.29, 0.717) is 23.7 Å². The van der Waals surface area contributed by atoms with Gasteiger partial charge in [-0.2, -0.15) is 0 Å². The first-order valence-electron chi connectivity index (χ1n) is 9.42. The van der Waals surface area contributed by atoms with Gasteiger partial charge in [-0.1, -0.05) is 36.4 Å². The molecule has 2 aromatic rings. The summed E-state index contributed by atoms with van der Waals surface area (Å²) in [5, 5.41) is 15.3. The Hall–Kier alpha value is -2.49. The molecule has 4 nitrogen and oxygen atoms in total. The molecule has 134 valence electrons. The Kier molecular flexibility index (Phi) is 3.49. The van der Waals surface area contributed by atoms with E-state index in [1.54, 1.807) is 13.2 Å². The van der Waals surface area contributed by atoms with Crippen molar-refractivity contribution in [2.24, 2.45) is 17.8 Å². The summed E-state index contributed by atoms with van der Waals surface area (Å²) in [5.74, 6) is 1.98. The Bertz CT molecular complexity index is 877. The van der Waals surface area contributed by atoms with Gasteiger partial charge in [-0.3, -0.25) is 0 Å². The summed E-state index contributed by atoms with van der Waals surface area (Å²) in [6.07, 6.45) is 3.77. The molecule has 2 fully saturated rings. The van der Waals surface area contributed by atoms with Crippen molar-refractivity contribution in [2.45, 2.75) is 31.2 Å². The zero-order valence-electron chi connectivity index (χ0n) is 14.8. The molecule has 0 amide bonds. The molecule has 0 spiro atoms. The predicted molar refractivity (Wildman–Crippen MR) is 97.2 cm³/mol. The normalized spacial score (nSPS) is 31.0. The van der Waals surface area contributed by atoms with Crippen molar-refractivity contribution in [1.82, 2.24) is 0 Å². The lowest BCUT2D eigenvalue weighted by atomic mass is 9.67. The smallest absolute Gasteiger partial charge is 0.124 e. The molecule has 1 heterocycles. The average molecular weight is 348 g/mol. The second-order valence-electron chi connectivity index (χ2n) is 7.86. The van der Waals surface area contributed by atoms with Crippen LogP contribution in [0.4, 0.5) is 5.69 Å². The van der Waals surface area contributed by atoms with Crippen LogP contribution in [0.3, 0.4) is 0 Å². The first kappa shape index (κ1) is 15.7. The molecule has 3 aliphatic rings. The topological polar surface area (TPSA) is 61.4 Å². The minimum absolute atomic E-state index is 0.0689.